The molecule has 0 unspecified atom stereocenters. The Morgan fingerprint density at radius 3 is 3.09 bits per heavy atom. The lowest BCUT2D eigenvalue weighted by molar-refractivity contribution is 0.396. The van der Waals surface area contributed by atoms with Crippen LogP contribution in [-0.2, 0) is 6.42 Å². The van der Waals surface area contributed by atoms with Gasteiger partial charge in [0.25, 0.3) is 0 Å². The molecule has 22 heavy (non-hydrogen) atoms. The molecular formula is C17H19FN4. The summed E-state index contributed by atoms with van der Waals surface area (Å²) in [6.45, 7) is 3.82. The van der Waals surface area contributed by atoms with Crippen molar-refractivity contribution >= 4 is 5.69 Å². The van der Waals surface area contributed by atoms with E-state index in [0.717, 1.165) is 43.9 Å². The van der Waals surface area contributed by atoms with E-state index in [1.165, 1.54) is 12.1 Å². The van der Waals surface area contributed by atoms with Crippen molar-refractivity contribution in [3.8, 4) is 6.07 Å². The first-order valence-electron chi connectivity index (χ1n) is 7.69. The van der Waals surface area contributed by atoms with Crippen LogP contribution < -0.4 is 4.90 Å². The second-order valence-electron chi connectivity index (χ2n) is 5.62. The Morgan fingerprint density at radius 1 is 1.45 bits per heavy atom. The van der Waals surface area contributed by atoms with E-state index in [1.54, 1.807) is 6.07 Å². The fourth-order valence-corrected chi connectivity index (χ4v) is 3.22. The molecule has 1 aromatic carbocycles. The van der Waals surface area contributed by atoms with Gasteiger partial charge in [0.1, 0.15) is 17.7 Å². The highest BCUT2D eigenvalue weighted by atomic mass is 19.1. The molecule has 0 aliphatic carbocycles. The SMILES string of the molecule is CCc1nccn1[C@@H]1CCCN(c2ccc(F)cc2C#N)C1. The third-order valence-electron chi connectivity index (χ3n) is 4.27. The fraction of sp³-hybridized carbons (Fsp3) is 0.412. The number of imidazole rings is 1. The van der Waals surface area contributed by atoms with Gasteiger partial charge < -0.3 is 9.47 Å². The average molecular weight is 298 g/mol. The highest BCUT2D eigenvalue weighted by molar-refractivity contribution is 5.59. The summed E-state index contributed by atoms with van der Waals surface area (Å²) >= 11 is 0. The zero-order valence-electron chi connectivity index (χ0n) is 12.7. The van der Waals surface area contributed by atoms with Crippen molar-refractivity contribution in [3.63, 3.8) is 0 Å². The maximum atomic E-state index is 13.3. The van der Waals surface area contributed by atoms with Gasteiger partial charge in [-0.05, 0) is 31.0 Å². The van der Waals surface area contributed by atoms with Gasteiger partial charge in [0, 0.05) is 31.9 Å². The van der Waals surface area contributed by atoms with Crippen molar-refractivity contribution in [1.29, 1.82) is 5.26 Å². The predicted molar refractivity (Wildman–Crippen MR) is 83.2 cm³/mol. The van der Waals surface area contributed by atoms with Crippen molar-refractivity contribution in [2.75, 3.05) is 18.0 Å². The van der Waals surface area contributed by atoms with Crippen LogP contribution in [0.15, 0.2) is 30.6 Å². The summed E-state index contributed by atoms with van der Waals surface area (Å²) in [5.74, 6) is 0.725. The van der Waals surface area contributed by atoms with Crippen molar-refractivity contribution in [1.82, 2.24) is 9.55 Å². The molecule has 1 aromatic heterocycles. The number of nitriles is 1. The molecule has 0 amide bonds. The van der Waals surface area contributed by atoms with Crippen LogP contribution in [0.2, 0.25) is 0 Å². The van der Waals surface area contributed by atoms with Crippen LogP contribution in [0.25, 0.3) is 0 Å². The van der Waals surface area contributed by atoms with E-state index < -0.39 is 0 Å². The number of aryl methyl sites for hydroxylation is 1. The van der Waals surface area contributed by atoms with Gasteiger partial charge in [-0.1, -0.05) is 6.92 Å². The molecule has 1 atom stereocenters. The number of nitrogens with zero attached hydrogens (tertiary/aromatic N) is 4. The van der Waals surface area contributed by atoms with Crippen LogP contribution in [0.3, 0.4) is 0 Å². The lowest BCUT2D eigenvalue weighted by atomic mass is 10.0. The monoisotopic (exact) mass is 298 g/mol. The minimum absolute atomic E-state index is 0.350. The van der Waals surface area contributed by atoms with E-state index in [1.807, 2.05) is 12.4 Å². The van der Waals surface area contributed by atoms with E-state index in [4.69, 9.17) is 0 Å². The van der Waals surface area contributed by atoms with Gasteiger partial charge in [0.05, 0.1) is 17.3 Å². The number of halogens is 1. The summed E-state index contributed by atoms with van der Waals surface area (Å²) in [4.78, 5) is 6.58. The Balaban J connectivity index is 1.86. The molecule has 0 saturated carbocycles. The number of benzene rings is 1. The molecular weight excluding hydrogens is 279 g/mol. The molecule has 3 rings (SSSR count). The quantitative estimate of drug-likeness (QED) is 0.873. The van der Waals surface area contributed by atoms with Crippen molar-refractivity contribution in [2.45, 2.75) is 32.2 Å². The first kappa shape index (κ1) is 14.6. The molecule has 114 valence electrons. The first-order chi connectivity index (χ1) is 10.7. The molecule has 1 fully saturated rings. The Kier molecular flexibility index (Phi) is 4.10. The van der Waals surface area contributed by atoms with Gasteiger partial charge in [-0.15, -0.1) is 0 Å². The number of rotatable bonds is 3. The Bertz CT molecular complexity index is 701. The standard InChI is InChI=1S/C17H19FN4/c1-2-17-20-7-9-22(17)15-4-3-8-21(12-15)16-6-5-14(18)10-13(16)11-19/h5-7,9-10,15H,2-4,8,12H2,1H3/t15-/m1/s1. The number of hydrogen-bond donors (Lipinski definition) is 0. The lowest BCUT2D eigenvalue weighted by Crippen LogP contribution is -2.37. The minimum atomic E-state index is -0.364. The van der Waals surface area contributed by atoms with Crippen LogP contribution >= 0.6 is 0 Å². The van der Waals surface area contributed by atoms with E-state index in [9.17, 15) is 9.65 Å². The van der Waals surface area contributed by atoms with Crippen LogP contribution in [0.1, 0.15) is 37.2 Å². The maximum absolute atomic E-state index is 13.3. The zero-order chi connectivity index (χ0) is 15.5. The van der Waals surface area contributed by atoms with Gasteiger partial charge >= 0.3 is 0 Å². The van der Waals surface area contributed by atoms with Gasteiger partial charge in [-0.2, -0.15) is 5.26 Å². The molecule has 1 aliphatic rings. The van der Waals surface area contributed by atoms with Crippen molar-refractivity contribution in [3.05, 3.63) is 47.8 Å². The number of piperidine rings is 1. The van der Waals surface area contributed by atoms with E-state index in [2.05, 4.69) is 27.4 Å². The maximum Gasteiger partial charge on any atom is 0.124 e. The molecule has 5 heteroatoms. The number of aromatic nitrogens is 2. The second kappa shape index (κ2) is 6.18. The summed E-state index contributed by atoms with van der Waals surface area (Å²) < 4.78 is 15.6. The summed E-state index contributed by atoms with van der Waals surface area (Å²) in [6.07, 6.45) is 6.93. The van der Waals surface area contributed by atoms with E-state index in [0.29, 0.717) is 11.6 Å². The summed E-state index contributed by atoms with van der Waals surface area (Å²) in [6, 6.07) is 6.91. The molecule has 0 spiro atoms. The van der Waals surface area contributed by atoms with Crippen molar-refractivity contribution < 1.29 is 4.39 Å². The molecule has 0 N–H and O–H groups in total. The average Bonchev–Trinajstić information content (AvgIpc) is 3.03. The van der Waals surface area contributed by atoms with Crippen LogP contribution in [0, 0.1) is 17.1 Å². The van der Waals surface area contributed by atoms with Crippen molar-refractivity contribution in [2.24, 2.45) is 0 Å². The van der Waals surface area contributed by atoms with Gasteiger partial charge in [0.2, 0.25) is 0 Å². The molecule has 1 saturated heterocycles. The summed E-state index contributed by atoms with van der Waals surface area (Å²) in [7, 11) is 0. The van der Waals surface area contributed by atoms with E-state index in [-0.39, 0.29) is 5.82 Å². The molecule has 4 nitrogen and oxygen atoms in total. The predicted octanol–water partition coefficient (Wildman–Crippen LogP) is 3.30. The third-order valence-corrected chi connectivity index (χ3v) is 4.27. The van der Waals surface area contributed by atoms with Crippen LogP contribution in [-0.4, -0.2) is 22.6 Å². The number of hydrogen-bond acceptors (Lipinski definition) is 3. The highest BCUT2D eigenvalue weighted by Crippen LogP contribution is 2.29. The Hall–Kier alpha value is -2.35. The van der Waals surface area contributed by atoms with Gasteiger partial charge in [-0.25, -0.2) is 9.37 Å². The number of anilines is 1. The highest BCUT2D eigenvalue weighted by Gasteiger charge is 2.24. The molecule has 2 aromatic rings. The molecule has 2 heterocycles. The van der Waals surface area contributed by atoms with E-state index >= 15 is 0 Å². The van der Waals surface area contributed by atoms with Crippen LogP contribution in [0.4, 0.5) is 10.1 Å². The first-order valence-corrected chi connectivity index (χ1v) is 7.69. The molecule has 0 bridgehead atoms. The summed E-state index contributed by atoms with van der Waals surface area (Å²) in [5.41, 5.74) is 1.23. The Labute approximate surface area is 129 Å². The van der Waals surface area contributed by atoms with Gasteiger partial charge in [-0.3, -0.25) is 0 Å². The smallest absolute Gasteiger partial charge is 0.124 e. The summed E-state index contributed by atoms with van der Waals surface area (Å²) in [5, 5.41) is 9.25. The molecule has 0 radical (unpaired) electrons. The van der Waals surface area contributed by atoms with Gasteiger partial charge in [0.15, 0.2) is 0 Å². The molecule has 1 aliphatic heterocycles. The fourth-order valence-electron chi connectivity index (χ4n) is 3.22. The topological polar surface area (TPSA) is 44.9 Å². The lowest BCUT2D eigenvalue weighted by Gasteiger charge is -2.36. The Morgan fingerprint density at radius 2 is 2.32 bits per heavy atom. The van der Waals surface area contributed by atoms with Crippen LogP contribution in [0.5, 0.6) is 0 Å². The largest absolute Gasteiger partial charge is 0.368 e. The third kappa shape index (κ3) is 2.69. The second-order valence-corrected chi connectivity index (χ2v) is 5.62. The normalized spacial score (nSPS) is 18.2. The minimum Gasteiger partial charge on any atom is -0.368 e. The zero-order valence-corrected chi connectivity index (χ0v) is 12.7.